The van der Waals surface area contributed by atoms with Crippen LogP contribution in [0.3, 0.4) is 0 Å². The molecule has 0 atom stereocenters. The van der Waals surface area contributed by atoms with Crippen molar-refractivity contribution in [1.82, 2.24) is 9.97 Å². The van der Waals surface area contributed by atoms with E-state index in [9.17, 15) is 4.79 Å². The number of nitrogens with one attached hydrogen (secondary N) is 1. The minimum absolute atomic E-state index is 0.0946. The van der Waals surface area contributed by atoms with Crippen molar-refractivity contribution in [2.45, 2.75) is 4.90 Å². The van der Waals surface area contributed by atoms with Gasteiger partial charge in [-0.25, -0.2) is 4.98 Å². The summed E-state index contributed by atoms with van der Waals surface area (Å²) in [4.78, 5) is 20.4. The smallest absolute Gasteiger partial charge is 0.190 e. The van der Waals surface area contributed by atoms with Crippen LogP contribution in [-0.2, 0) is 0 Å². The number of benzene rings is 1. The molecule has 0 saturated carbocycles. The lowest BCUT2D eigenvalue weighted by atomic mass is 10.1. The molecule has 0 spiro atoms. The van der Waals surface area contributed by atoms with Crippen LogP contribution in [0.1, 0.15) is 5.69 Å². The van der Waals surface area contributed by atoms with Gasteiger partial charge >= 0.3 is 0 Å². The average molecular weight is 328 g/mol. The zero-order valence-electron chi connectivity index (χ0n) is 11.6. The van der Waals surface area contributed by atoms with Gasteiger partial charge < -0.3 is 4.98 Å². The first kappa shape index (κ1) is 14.6. The first-order chi connectivity index (χ1) is 10.6. The van der Waals surface area contributed by atoms with E-state index in [0.717, 1.165) is 10.5 Å². The highest BCUT2D eigenvalue weighted by atomic mass is 35.5. The number of hydrogen-bond acceptors (Lipinski definition) is 4. The molecule has 1 N–H and O–H groups in total. The standard InChI is InChI=1S/C16H10ClN3OS/c1-22-16-8-19-10(7-18)5-12(16)14-6-15(21)11-3-2-9(17)4-13(11)20-14/h2-6,8H,1H3,(H,20,21). The first-order valence-electron chi connectivity index (χ1n) is 6.39. The topological polar surface area (TPSA) is 69.5 Å². The number of halogens is 1. The molecule has 3 aromatic rings. The van der Waals surface area contributed by atoms with Crippen molar-refractivity contribution in [3.8, 4) is 17.3 Å². The van der Waals surface area contributed by atoms with E-state index in [-0.39, 0.29) is 5.43 Å². The van der Waals surface area contributed by atoms with Gasteiger partial charge in [0.05, 0.1) is 11.2 Å². The van der Waals surface area contributed by atoms with Gasteiger partial charge in [0.25, 0.3) is 0 Å². The Kier molecular flexibility index (Phi) is 3.88. The Labute approximate surface area is 135 Å². The van der Waals surface area contributed by atoms with Gasteiger partial charge in [-0.15, -0.1) is 11.8 Å². The Hall–Kier alpha value is -2.29. The normalized spacial score (nSPS) is 10.6. The molecule has 2 aromatic heterocycles. The number of thioether (sulfide) groups is 1. The largest absolute Gasteiger partial charge is 0.354 e. The molecule has 3 rings (SSSR count). The van der Waals surface area contributed by atoms with Gasteiger partial charge in [0.1, 0.15) is 11.8 Å². The molecule has 0 amide bonds. The van der Waals surface area contributed by atoms with Gasteiger partial charge in [0, 0.05) is 33.1 Å². The van der Waals surface area contributed by atoms with E-state index in [4.69, 9.17) is 16.9 Å². The SMILES string of the molecule is CSc1cnc(C#N)cc1-c1cc(=O)c2ccc(Cl)cc2[nH]1. The quantitative estimate of drug-likeness (QED) is 0.726. The number of rotatable bonds is 2. The second kappa shape index (κ2) is 5.84. The third-order valence-corrected chi connectivity index (χ3v) is 4.28. The van der Waals surface area contributed by atoms with Gasteiger partial charge in [-0.05, 0) is 30.5 Å². The third kappa shape index (κ3) is 2.59. The molecule has 0 aliphatic heterocycles. The molecule has 2 heterocycles. The second-order valence-electron chi connectivity index (χ2n) is 4.62. The van der Waals surface area contributed by atoms with Gasteiger partial charge in [-0.3, -0.25) is 4.79 Å². The Balaban J connectivity index is 2.31. The highest BCUT2D eigenvalue weighted by Gasteiger charge is 2.10. The predicted octanol–water partition coefficient (Wildman–Crippen LogP) is 3.84. The molecule has 22 heavy (non-hydrogen) atoms. The maximum atomic E-state index is 12.3. The van der Waals surface area contributed by atoms with E-state index >= 15 is 0 Å². The van der Waals surface area contributed by atoms with Crippen LogP contribution in [-0.4, -0.2) is 16.2 Å². The van der Waals surface area contributed by atoms with Crippen molar-refractivity contribution >= 4 is 34.3 Å². The summed E-state index contributed by atoms with van der Waals surface area (Å²) in [5.74, 6) is 0. The van der Waals surface area contributed by atoms with Crippen LogP contribution in [0, 0.1) is 11.3 Å². The fourth-order valence-electron chi connectivity index (χ4n) is 2.25. The van der Waals surface area contributed by atoms with Gasteiger partial charge in [0.2, 0.25) is 0 Å². The molecule has 0 bridgehead atoms. The number of aromatic amines is 1. The molecule has 0 fully saturated rings. The van der Waals surface area contributed by atoms with Gasteiger partial charge in [0.15, 0.2) is 5.43 Å². The van der Waals surface area contributed by atoms with Crippen molar-refractivity contribution < 1.29 is 0 Å². The zero-order chi connectivity index (χ0) is 15.7. The van der Waals surface area contributed by atoms with Crippen molar-refractivity contribution in [2.75, 3.05) is 6.26 Å². The second-order valence-corrected chi connectivity index (χ2v) is 5.90. The lowest BCUT2D eigenvalue weighted by molar-refractivity contribution is 1.19. The number of nitriles is 1. The third-order valence-electron chi connectivity index (χ3n) is 3.28. The predicted molar refractivity (Wildman–Crippen MR) is 89.3 cm³/mol. The van der Waals surface area contributed by atoms with E-state index in [1.165, 1.54) is 17.8 Å². The van der Waals surface area contributed by atoms with Crippen LogP contribution in [0.25, 0.3) is 22.2 Å². The van der Waals surface area contributed by atoms with Crippen molar-refractivity contribution in [3.05, 3.63) is 57.5 Å². The van der Waals surface area contributed by atoms with E-state index in [2.05, 4.69) is 9.97 Å². The van der Waals surface area contributed by atoms with Gasteiger partial charge in [-0.2, -0.15) is 5.26 Å². The first-order valence-corrected chi connectivity index (χ1v) is 8.00. The number of pyridine rings is 2. The highest BCUT2D eigenvalue weighted by molar-refractivity contribution is 7.98. The number of aromatic nitrogens is 2. The summed E-state index contributed by atoms with van der Waals surface area (Å²) < 4.78 is 0. The molecule has 1 aromatic carbocycles. The molecule has 0 aliphatic carbocycles. The number of hydrogen-bond donors (Lipinski definition) is 1. The van der Waals surface area contributed by atoms with Crippen LogP contribution < -0.4 is 5.43 Å². The fraction of sp³-hybridized carbons (Fsp3) is 0.0625. The molecule has 6 heteroatoms. The molecule has 0 aliphatic rings. The monoisotopic (exact) mass is 327 g/mol. The number of H-pyrrole nitrogens is 1. The lowest BCUT2D eigenvalue weighted by Gasteiger charge is -2.09. The molecule has 0 radical (unpaired) electrons. The lowest BCUT2D eigenvalue weighted by Crippen LogP contribution is -2.03. The summed E-state index contributed by atoms with van der Waals surface area (Å²) in [5, 5.41) is 10.2. The zero-order valence-corrected chi connectivity index (χ0v) is 13.1. The van der Waals surface area contributed by atoms with Crippen LogP contribution in [0.5, 0.6) is 0 Å². The summed E-state index contributed by atoms with van der Waals surface area (Å²) >= 11 is 7.50. The minimum atomic E-state index is -0.0946. The molecular weight excluding hydrogens is 318 g/mol. The Morgan fingerprint density at radius 3 is 2.86 bits per heavy atom. The maximum absolute atomic E-state index is 12.3. The van der Waals surface area contributed by atoms with Crippen LogP contribution >= 0.6 is 23.4 Å². The molecule has 4 nitrogen and oxygen atoms in total. The molecular formula is C16H10ClN3OS. The van der Waals surface area contributed by atoms with Crippen LogP contribution in [0.2, 0.25) is 5.02 Å². The molecule has 0 unspecified atom stereocenters. The molecule has 108 valence electrons. The minimum Gasteiger partial charge on any atom is -0.354 e. The number of nitrogens with zero attached hydrogens (tertiary/aromatic N) is 2. The Morgan fingerprint density at radius 1 is 1.32 bits per heavy atom. The maximum Gasteiger partial charge on any atom is 0.190 e. The summed E-state index contributed by atoms with van der Waals surface area (Å²) in [7, 11) is 0. The van der Waals surface area contributed by atoms with Crippen LogP contribution in [0.4, 0.5) is 0 Å². The average Bonchev–Trinajstić information content (AvgIpc) is 2.53. The van der Waals surface area contributed by atoms with E-state index in [1.54, 1.807) is 30.5 Å². The van der Waals surface area contributed by atoms with E-state index in [0.29, 0.717) is 27.3 Å². The van der Waals surface area contributed by atoms with Crippen LogP contribution in [0.15, 0.2) is 46.2 Å². The van der Waals surface area contributed by atoms with E-state index < -0.39 is 0 Å². The van der Waals surface area contributed by atoms with Crippen molar-refractivity contribution in [1.29, 1.82) is 5.26 Å². The Morgan fingerprint density at radius 2 is 2.14 bits per heavy atom. The van der Waals surface area contributed by atoms with Crippen molar-refractivity contribution in [2.24, 2.45) is 0 Å². The van der Waals surface area contributed by atoms with Crippen molar-refractivity contribution in [3.63, 3.8) is 0 Å². The van der Waals surface area contributed by atoms with Gasteiger partial charge in [-0.1, -0.05) is 11.6 Å². The highest BCUT2D eigenvalue weighted by Crippen LogP contribution is 2.29. The van der Waals surface area contributed by atoms with E-state index in [1.807, 2.05) is 12.3 Å². The number of fused-ring (bicyclic) bond motifs is 1. The Bertz CT molecular complexity index is 975. The summed E-state index contributed by atoms with van der Waals surface area (Å²) in [6.45, 7) is 0. The summed E-state index contributed by atoms with van der Waals surface area (Å²) in [5.41, 5.74) is 2.29. The molecule has 0 saturated heterocycles. The summed E-state index contributed by atoms with van der Waals surface area (Å²) in [6, 6.07) is 10.3. The summed E-state index contributed by atoms with van der Waals surface area (Å²) in [6.07, 6.45) is 3.56. The fourth-order valence-corrected chi connectivity index (χ4v) is 2.97.